The predicted octanol–water partition coefficient (Wildman–Crippen LogP) is 2.38. The molecule has 0 radical (unpaired) electrons. The smallest absolute Gasteiger partial charge is 0.418 e. The highest BCUT2D eigenvalue weighted by molar-refractivity contribution is 6.50. The highest BCUT2D eigenvalue weighted by atomic mass is 19.5. The molecule has 1 aliphatic heterocycles. The molecule has 1 aliphatic rings. The lowest BCUT2D eigenvalue weighted by molar-refractivity contribution is -0.826. The third-order valence-corrected chi connectivity index (χ3v) is 1.37. The normalized spacial score (nSPS) is 17.9. The maximum absolute atomic E-state index is 9.75. The third-order valence-electron chi connectivity index (χ3n) is 1.37. The lowest BCUT2D eigenvalue weighted by Gasteiger charge is -2.21. The van der Waals surface area contributed by atoms with Gasteiger partial charge in [-0.15, -0.1) is 0 Å². The van der Waals surface area contributed by atoms with Crippen molar-refractivity contribution in [1.82, 2.24) is 0 Å². The topological polar surface area (TPSA) is 9.23 Å². The van der Waals surface area contributed by atoms with Crippen LogP contribution in [0, 0.1) is 0 Å². The van der Waals surface area contributed by atoms with Crippen molar-refractivity contribution in [3.05, 3.63) is 24.6 Å². The van der Waals surface area contributed by atoms with Gasteiger partial charge in [-0.2, -0.15) is 0 Å². The van der Waals surface area contributed by atoms with Crippen LogP contribution in [0.1, 0.15) is 0 Å². The Bertz CT molecular complexity index is 208. The number of halogens is 4. The van der Waals surface area contributed by atoms with Crippen molar-refractivity contribution in [2.24, 2.45) is 0 Å². The first kappa shape index (κ1) is 13.2. The van der Waals surface area contributed by atoms with E-state index in [0.29, 0.717) is 6.73 Å². The van der Waals surface area contributed by atoms with Gasteiger partial charge in [0.25, 0.3) is 0 Å². The van der Waals surface area contributed by atoms with Crippen LogP contribution in [0.25, 0.3) is 0 Å². The Morgan fingerprint density at radius 2 is 1.50 bits per heavy atom. The Kier molecular flexibility index (Phi) is 4.86. The summed E-state index contributed by atoms with van der Waals surface area (Å²) in [5.74, 6) is 0. The van der Waals surface area contributed by atoms with Crippen LogP contribution in [0.2, 0.25) is 0 Å². The quantitative estimate of drug-likeness (QED) is 0.388. The van der Waals surface area contributed by atoms with Crippen molar-refractivity contribution >= 4 is 7.25 Å². The summed E-state index contributed by atoms with van der Waals surface area (Å²) in [6, 6.07) is 0. The molecule has 7 heteroatoms. The maximum atomic E-state index is 9.75. The van der Waals surface area contributed by atoms with Crippen LogP contribution < -0.4 is 0 Å². The van der Waals surface area contributed by atoms with Crippen LogP contribution in [0.15, 0.2) is 24.6 Å². The van der Waals surface area contributed by atoms with Crippen LogP contribution in [0.5, 0.6) is 0 Å². The summed E-state index contributed by atoms with van der Waals surface area (Å²) in [6.07, 6.45) is 8.23. The number of rotatable bonds is 2. The van der Waals surface area contributed by atoms with Gasteiger partial charge in [-0.05, 0) is 12.2 Å². The Balaban J connectivity index is 0.000000292. The fourth-order valence-corrected chi connectivity index (χ4v) is 0.907. The summed E-state index contributed by atoms with van der Waals surface area (Å²) in [4.78, 5) is 0. The molecule has 82 valence electrons. The summed E-state index contributed by atoms with van der Waals surface area (Å²) >= 11 is 0. The second-order valence-corrected chi connectivity index (χ2v) is 2.94. The van der Waals surface area contributed by atoms with E-state index in [-0.39, 0.29) is 0 Å². The SMILES string of the molecule is COC[N+]1(C)C=CC=C1.F[B-](F)(F)F. The number of quaternary nitrogens is 1. The first-order chi connectivity index (χ1) is 6.27. The molecule has 0 bridgehead atoms. The molecule has 0 unspecified atom stereocenters. The molecule has 1 heterocycles. The highest BCUT2D eigenvalue weighted by Gasteiger charge is 2.20. The molecule has 0 aromatic heterocycles. The molecule has 0 amide bonds. The first-order valence-corrected chi connectivity index (χ1v) is 3.85. The van der Waals surface area contributed by atoms with Crippen molar-refractivity contribution in [3.8, 4) is 0 Å². The Morgan fingerprint density at radius 1 is 1.14 bits per heavy atom. The Morgan fingerprint density at radius 3 is 1.79 bits per heavy atom. The lowest BCUT2D eigenvalue weighted by Crippen LogP contribution is -2.32. The van der Waals surface area contributed by atoms with E-state index in [1.54, 1.807) is 7.11 Å². The van der Waals surface area contributed by atoms with Crippen molar-refractivity contribution in [3.63, 3.8) is 0 Å². The van der Waals surface area contributed by atoms with Crippen molar-refractivity contribution < 1.29 is 26.5 Å². The standard InChI is InChI=1S/C7H12NO.BF4/c1-8(7-9-2)5-3-4-6-8;2-1(3,4)5/h3-6H,7H2,1-2H3;/q+1;-1. The van der Waals surface area contributed by atoms with Gasteiger partial charge in [-0.3, -0.25) is 4.48 Å². The zero-order valence-corrected chi connectivity index (χ0v) is 7.96. The van der Waals surface area contributed by atoms with Gasteiger partial charge in [-0.1, -0.05) is 0 Å². The van der Waals surface area contributed by atoms with Crippen molar-refractivity contribution in [2.45, 2.75) is 0 Å². The monoisotopic (exact) mass is 213 g/mol. The molecule has 0 aromatic rings. The summed E-state index contributed by atoms with van der Waals surface area (Å²) < 4.78 is 44.8. The van der Waals surface area contributed by atoms with E-state index in [1.807, 2.05) is 12.2 Å². The van der Waals surface area contributed by atoms with Gasteiger partial charge in [0.1, 0.15) is 12.4 Å². The van der Waals surface area contributed by atoms with Gasteiger partial charge in [0.05, 0.1) is 7.05 Å². The van der Waals surface area contributed by atoms with E-state index in [0.717, 1.165) is 4.48 Å². The Hall–Kier alpha value is -0.815. The molecule has 0 aromatic carbocycles. The molecule has 0 spiro atoms. The number of nitrogens with zero attached hydrogens (tertiary/aromatic N) is 1. The average Bonchev–Trinajstić information content (AvgIpc) is 2.33. The summed E-state index contributed by atoms with van der Waals surface area (Å²) in [5.41, 5.74) is 0. The van der Waals surface area contributed by atoms with Crippen molar-refractivity contribution in [2.75, 3.05) is 20.9 Å². The minimum absolute atomic E-state index is 0.715. The van der Waals surface area contributed by atoms with E-state index in [2.05, 4.69) is 19.4 Å². The van der Waals surface area contributed by atoms with Crippen LogP contribution >= 0.6 is 0 Å². The van der Waals surface area contributed by atoms with Crippen LogP contribution in [0.4, 0.5) is 17.3 Å². The molecule has 0 fully saturated rings. The number of methoxy groups -OCH3 is 1. The predicted molar refractivity (Wildman–Crippen MR) is 46.5 cm³/mol. The molecule has 0 saturated carbocycles. The summed E-state index contributed by atoms with van der Waals surface area (Å²) in [6.45, 7) is 0.715. The van der Waals surface area contributed by atoms with Gasteiger partial charge < -0.3 is 22.0 Å². The fourth-order valence-electron chi connectivity index (χ4n) is 0.907. The number of hydrogen-bond acceptors (Lipinski definition) is 1. The van der Waals surface area contributed by atoms with Gasteiger partial charge in [-0.25, -0.2) is 0 Å². The molecular formula is C7H12BF4NO. The zero-order valence-electron chi connectivity index (χ0n) is 7.96. The largest absolute Gasteiger partial charge is 0.673 e. The van der Waals surface area contributed by atoms with E-state index < -0.39 is 7.25 Å². The fraction of sp³-hybridized carbons (Fsp3) is 0.429. The second-order valence-electron chi connectivity index (χ2n) is 2.94. The van der Waals surface area contributed by atoms with Crippen molar-refractivity contribution in [1.29, 1.82) is 0 Å². The number of allylic oxidation sites excluding steroid dienone is 2. The molecule has 1 rings (SSSR count). The van der Waals surface area contributed by atoms with Crippen LogP contribution in [0.3, 0.4) is 0 Å². The molecule has 0 N–H and O–H groups in total. The van der Waals surface area contributed by atoms with Crippen LogP contribution in [-0.2, 0) is 4.74 Å². The third kappa shape index (κ3) is 7.81. The minimum Gasteiger partial charge on any atom is -0.418 e. The van der Waals surface area contributed by atoms with E-state index >= 15 is 0 Å². The van der Waals surface area contributed by atoms with E-state index in [4.69, 9.17) is 4.74 Å². The lowest BCUT2D eigenvalue weighted by atomic mass is 10.3. The zero-order chi connectivity index (χ0) is 11.2. The molecule has 2 nitrogen and oxygen atoms in total. The van der Waals surface area contributed by atoms with Gasteiger partial charge in [0, 0.05) is 7.11 Å². The van der Waals surface area contributed by atoms with Gasteiger partial charge in [0.15, 0.2) is 6.73 Å². The molecule has 0 aliphatic carbocycles. The number of ether oxygens (including phenoxy) is 1. The average molecular weight is 213 g/mol. The van der Waals surface area contributed by atoms with E-state index in [9.17, 15) is 17.3 Å². The van der Waals surface area contributed by atoms with Gasteiger partial charge >= 0.3 is 7.25 Å². The molecular weight excluding hydrogens is 201 g/mol. The molecule has 14 heavy (non-hydrogen) atoms. The maximum Gasteiger partial charge on any atom is 0.673 e. The molecule has 0 saturated heterocycles. The highest BCUT2D eigenvalue weighted by Crippen LogP contribution is 2.10. The Labute approximate surface area is 80.2 Å². The summed E-state index contributed by atoms with van der Waals surface area (Å²) in [5, 5.41) is 0. The number of hydrogen-bond donors (Lipinski definition) is 0. The van der Waals surface area contributed by atoms with Gasteiger partial charge in [0.2, 0.25) is 0 Å². The van der Waals surface area contributed by atoms with Crippen LogP contribution in [-0.4, -0.2) is 32.6 Å². The molecule has 0 atom stereocenters. The van der Waals surface area contributed by atoms with E-state index in [1.165, 1.54) is 0 Å². The second kappa shape index (κ2) is 5.16. The minimum atomic E-state index is -6.00. The summed E-state index contributed by atoms with van der Waals surface area (Å²) in [7, 11) is -2.20. The first-order valence-electron chi connectivity index (χ1n) is 3.85.